The van der Waals surface area contributed by atoms with Gasteiger partial charge in [-0.15, -0.1) is 5.54 Å². The molecule has 1 aliphatic heterocycles. The number of amides is 1. The van der Waals surface area contributed by atoms with Crippen LogP contribution in [0.25, 0.3) is 0 Å². The first-order valence-corrected chi connectivity index (χ1v) is 22.7. The molecule has 1 amide bonds. The number of β-lactam (4-membered cyclic amide) rings is 1. The Hall–Kier alpha value is -6.21. The van der Waals surface area contributed by atoms with Gasteiger partial charge in [0.15, 0.2) is 5.60 Å². The first-order chi connectivity index (χ1) is 28.0. The zero-order valence-corrected chi connectivity index (χ0v) is 35.0. The lowest BCUT2D eigenvalue weighted by molar-refractivity contribution is -0.154. The van der Waals surface area contributed by atoms with Gasteiger partial charge in [-0.1, -0.05) is 79.9 Å². The van der Waals surface area contributed by atoms with Crippen LogP contribution in [0.5, 0.6) is 5.75 Å². The van der Waals surface area contributed by atoms with E-state index < -0.39 is 68.7 Å². The molecular formula is C47H48FNO9Si. The minimum Gasteiger partial charge on any atom is -0.489 e. The maximum atomic E-state index is 14.4. The van der Waals surface area contributed by atoms with Gasteiger partial charge in [0.25, 0.3) is 0 Å². The lowest BCUT2D eigenvalue weighted by atomic mass is 9.77. The monoisotopic (exact) mass is 817 g/mol. The van der Waals surface area contributed by atoms with Crippen LogP contribution in [-0.2, 0) is 40.0 Å². The van der Waals surface area contributed by atoms with Crippen molar-refractivity contribution in [3.63, 3.8) is 0 Å². The van der Waals surface area contributed by atoms with Crippen LogP contribution in [0.2, 0.25) is 19.6 Å². The molecule has 12 heteroatoms. The van der Waals surface area contributed by atoms with Crippen LogP contribution in [0.4, 0.5) is 10.1 Å². The lowest BCUT2D eigenvalue weighted by Gasteiger charge is -2.48. The molecule has 0 aromatic heterocycles. The minimum atomic E-state index is -2.02. The second-order valence-corrected chi connectivity index (χ2v) is 20.2. The average molecular weight is 818 g/mol. The summed E-state index contributed by atoms with van der Waals surface area (Å²) in [5, 5.41) is 11.3. The van der Waals surface area contributed by atoms with Gasteiger partial charge in [-0.25, -0.2) is 4.39 Å². The summed E-state index contributed by atoms with van der Waals surface area (Å²) in [6, 6.07) is 27.4. The summed E-state index contributed by atoms with van der Waals surface area (Å²) < 4.78 is 36.1. The zero-order valence-electron chi connectivity index (χ0n) is 34.0. The third-order valence-electron chi connectivity index (χ3n) is 9.26. The van der Waals surface area contributed by atoms with Gasteiger partial charge in [-0.3, -0.25) is 19.2 Å². The van der Waals surface area contributed by atoms with Gasteiger partial charge in [0.05, 0.1) is 12.0 Å². The number of halogens is 1. The normalized spacial score (nSPS) is 15.3. The fraction of sp³-hybridized carbons (Fsp3) is 0.319. The van der Waals surface area contributed by atoms with Crippen LogP contribution in [0.15, 0.2) is 97.1 Å². The van der Waals surface area contributed by atoms with E-state index in [1.807, 2.05) is 54.6 Å². The molecule has 1 aliphatic rings. The van der Waals surface area contributed by atoms with Crippen molar-refractivity contribution >= 4 is 37.6 Å². The molecule has 0 aliphatic carbocycles. The summed E-state index contributed by atoms with van der Waals surface area (Å²) in [7, 11) is -1.65. The highest BCUT2D eigenvalue weighted by Gasteiger charge is 2.50. The highest BCUT2D eigenvalue weighted by atomic mass is 28.3. The SMILES string of the molecule is CC(=O)OCC(O)(C#Cc1ccc(OCc2ccccc2)c([C@@H]2[C@@H](CC[C@H](OC(C)=O)c3ccc(F)cc3)C(=O)N2c2ccc(C#C[Si](C)(C)C)cc2)c1)COC(C)=O. The number of carbonyl (C=O) groups excluding carboxylic acids is 4. The van der Waals surface area contributed by atoms with Gasteiger partial charge >= 0.3 is 17.9 Å². The Morgan fingerprint density at radius 3 is 2.05 bits per heavy atom. The number of hydrogen-bond donors (Lipinski definition) is 1. The van der Waals surface area contributed by atoms with E-state index in [1.54, 1.807) is 35.2 Å². The third-order valence-corrected chi connectivity index (χ3v) is 10.1. The number of carbonyl (C=O) groups is 4. The van der Waals surface area contributed by atoms with Crippen molar-refractivity contribution in [2.75, 3.05) is 18.1 Å². The molecule has 0 radical (unpaired) electrons. The largest absolute Gasteiger partial charge is 0.489 e. The molecule has 1 fully saturated rings. The van der Waals surface area contributed by atoms with Gasteiger partial charge in [0.1, 0.15) is 45.6 Å². The van der Waals surface area contributed by atoms with Gasteiger partial charge in [0.2, 0.25) is 5.91 Å². The Balaban J connectivity index is 1.59. The molecular weight excluding hydrogens is 770 g/mol. The topological polar surface area (TPSA) is 129 Å². The van der Waals surface area contributed by atoms with Crippen molar-refractivity contribution in [3.8, 4) is 29.1 Å². The number of ether oxygens (including phenoxy) is 4. The average Bonchev–Trinajstić information content (AvgIpc) is 3.19. The van der Waals surface area contributed by atoms with Crippen molar-refractivity contribution in [1.82, 2.24) is 0 Å². The van der Waals surface area contributed by atoms with Gasteiger partial charge in [0, 0.05) is 43.1 Å². The van der Waals surface area contributed by atoms with E-state index in [-0.39, 0.29) is 25.4 Å². The third kappa shape index (κ3) is 12.6. The van der Waals surface area contributed by atoms with Gasteiger partial charge < -0.3 is 29.0 Å². The number of rotatable bonds is 14. The van der Waals surface area contributed by atoms with Crippen molar-refractivity contribution in [1.29, 1.82) is 0 Å². The fourth-order valence-electron chi connectivity index (χ4n) is 6.41. The van der Waals surface area contributed by atoms with E-state index in [4.69, 9.17) is 18.9 Å². The molecule has 0 bridgehead atoms. The summed E-state index contributed by atoms with van der Waals surface area (Å²) >= 11 is 0. The summed E-state index contributed by atoms with van der Waals surface area (Å²) in [5.74, 6) is 6.37. The molecule has 0 unspecified atom stereocenters. The van der Waals surface area contributed by atoms with E-state index >= 15 is 0 Å². The summed E-state index contributed by atoms with van der Waals surface area (Å²) in [5.41, 5.74) is 5.36. The van der Waals surface area contributed by atoms with Crippen LogP contribution in [0, 0.1) is 35.0 Å². The number of aliphatic hydroxyl groups is 1. The molecule has 0 saturated carbocycles. The van der Waals surface area contributed by atoms with Crippen molar-refractivity contribution in [3.05, 3.63) is 131 Å². The molecule has 1 heterocycles. The Labute approximate surface area is 345 Å². The molecule has 1 saturated heterocycles. The molecule has 4 aromatic carbocycles. The van der Waals surface area contributed by atoms with Gasteiger partial charge in [-0.2, -0.15) is 0 Å². The molecule has 10 nitrogen and oxygen atoms in total. The van der Waals surface area contributed by atoms with Crippen molar-refractivity contribution < 1.29 is 47.6 Å². The maximum absolute atomic E-state index is 14.4. The van der Waals surface area contributed by atoms with E-state index in [1.165, 1.54) is 32.9 Å². The first-order valence-electron chi connectivity index (χ1n) is 19.2. The van der Waals surface area contributed by atoms with Crippen LogP contribution >= 0.6 is 0 Å². The van der Waals surface area contributed by atoms with Crippen LogP contribution in [0.1, 0.15) is 73.6 Å². The number of anilines is 1. The number of benzene rings is 4. The second kappa shape index (κ2) is 19.5. The highest BCUT2D eigenvalue weighted by molar-refractivity contribution is 6.83. The number of nitrogens with zero attached hydrogens (tertiary/aromatic N) is 1. The maximum Gasteiger partial charge on any atom is 0.303 e. The van der Waals surface area contributed by atoms with E-state index in [0.29, 0.717) is 28.1 Å². The van der Waals surface area contributed by atoms with E-state index in [2.05, 4.69) is 42.9 Å². The second-order valence-electron chi connectivity index (χ2n) is 15.4. The molecule has 3 atom stereocenters. The number of esters is 3. The van der Waals surface area contributed by atoms with Crippen LogP contribution in [0.3, 0.4) is 0 Å². The van der Waals surface area contributed by atoms with E-state index in [0.717, 1.165) is 11.1 Å². The fourth-order valence-corrected chi connectivity index (χ4v) is 6.93. The lowest BCUT2D eigenvalue weighted by Crippen LogP contribution is -2.55. The van der Waals surface area contributed by atoms with Crippen molar-refractivity contribution in [2.24, 2.45) is 5.92 Å². The highest BCUT2D eigenvalue weighted by Crippen LogP contribution is 2.49. The Morgan fingerprint density at radius 2 is 1.46 bits per heavy atom. The number of hydrogen-bond acceptors (Lipinski definition) is 9. The van der Waals surface area contributed by atoms with Crippen LogP contribution in [-0.4, -0.2) is 55.8 Å². The summed E-state index contributed by atoms with van der Waals surface area (Å²) in [6.45, 7) is 9.29. The molecule has 59 heavy (non-hydrogen) atoms. The predicted molar refractivity (Wildman–Crippen MR) is 223 cm³/mol. The summed E-state index contributed by atoms with van der Waals surface area (Å²) in [6.07, 6.45) is -0.193. The van der Waals surface area contributed by atoms with Crippen LogP contribution < -0.4 is 9.64 Å². The van der Waals surface area contributed by atoms with E-state index in [9.17, 15) is 28.7 Å². The molecule has 0 spiro atoms. The first kappa shape index (κ1) is 43.9. The standard InChI is InChI=1S/C47H48FNO9Si/c1-32(50)56-30-47(54,31-57-33(2)51)26-24-36-14-22-44(55-29-37-10-8-7-9-11-37)42(28-36)45-41(21-23-43(58-34(3)52)38-15-17-39(48)18-16-38)46(53)49(45)40-19-12-35(13-20-40)25-27-59(4,5)6/h7-20,22,28,41,43,45,54H,21,23,29-31H2,1-6H3/t41-,43+,45+/m1/s1. The molecule has 4 aromatic rings. The zero-order chi connectivity index (χ0) is 42.7. The Bertz CT molecular complexity index is 2250. The quantitative estimate of drug-likeness (QED) is 0.0449. The smallest absolute Gasteiger partial charge is 0.303 e. The molecule has 1 N–H and O–H groups in total. The molecule has 5 rings (SSSR count). The summed E-state index contributed by atoms with van der Waals surface area (Å²) in [4.78, 5) is 51.5. The Morgan fingerprint density at radius 1 is 0.831 bits per heavy atom. The predicted octanol–water partition coefficient (Wildman–Crippen LogP) is 7.63. The van der Waals surface area contributed by atoms with Crippen molar-refractivity contribution in [2.45, 2.75) is 77.6 Å². The van der Waals surface area contributed by atoms with Gasteiger partial charge in [-0.05, 0) is 78.6 Å². The molecule has 306 valence electrons. The Kier molecular flexibility index (Phi) is 14.5. The minimum absolute atomic E-state index is 0.167.